The molecule has 0 aliphatic heterocycles. The minimum Gasteiger partial charge on any atom is -0.478 e. The van der Waals surface area contributed by atoms with E-state index in [4.69, 9.17) is 4.74 Å². The zero-order valence-electron chi connectivity index (χ0n) is 16.9. The van der Waals surface area contributed by atoms with E-state index in [9.17, 15) is 14.7 Å². The number of hydrogen-bond donors (Lipinski definition) is 1. The average molecular weight is 402 g/mol. The van der Waals surface area contributed by atoms with Crippen molar-refractivity contribution in [2.24, 2.45) is 17.8 Å². The van der Waals surface area contributed by atoms with E-state index < -0.39 is 5.97 Å². The van der Waals surface area contributed by atoms with Crippen LogP contribution in [-0.2, 0) is 9.53 Å². The zero-order valence-corrected chi connectivity index (χ0v) is 16.9. The molecule has 4 nitrogen and oxygen atoms in total. The van der Waals surface area contributed by atoms with Crippen molar-refractivity contribution in [3.05, 3.63) is 77.9 Å². The number of ether oxygens (including phenoxy) is 1. The van der Waals surface area contributed by atoms with Crippen molar-refractivity contribution in [3.8, 4) is 11.1 Å². The standard InChI is InChI=1S/C26H26O4/c27-25(30-14-4-7-21-15-19-8-11-22(21)16-19)13-10-18-9-12-23(26(28)29)24(17-18)20-5-2-1-3-6-20/h1-3,5-6,8-13,17,19,21-22H,4,7,14-16H2,(H,28,29). The Morgan fingerprint density at radius 1 is 1.07 bits per heavy atom. The highest BCUT2D eigenvalue weighted by Crippen LogP contribution is 2.45. The maximum atomic E-state index is 12.1. The topological polar surface area (TPSA) is 63.6 Å². The Labute approximate surface area is 176 Å². The van der Waals surface area contributed by atoms with Gasteiger partial charge in [-0.1, -0.05) is 48.6 Å². The third-order valence-electron chi connectivity index (χ3n) is 6.15. The van der Waals surface area contributed by atoms with E-state index in [0.29, 0.717) is 12.2 Å². The van der Waals surface area contributed by atoms with E-state index in [1.165, 1.54) is 18.9 Å². The number of carbonyl (C=O) groups excluding carboxylic acids is 1. The van der Waals surface area contributed by atoms with Crippen LogP contribution >= 0.6 is 0 Å². The van der Waals surface area contributed by atoms with Gasteiger partial charge >= 0.3 is 11.9 Å². The lowest BCUT2D eigenvalue weighted by atomic mass is 9.89. The van der Waals surface area contributed by atoms with E-state index in [2.05, 4.69) is 12.2 Å². The first-order chi connectivity index (χ1) is 14.6. The molecular formula is C26H26O4. The number of carboxylic acid groups (broad SMARTS) is 1. The minimum atomic E-state index is -0.977. The number of allylic oxidation sites excluding steroid dienone is 2. The van der Waals surface area contributed by atoms with Crippen LogP contribution in [0.3, 0.4) is 0 Å². The molecule has 0 aromatic heterocycles. The normalized spacial score (nSPS) is 21.9. The van der Waals surface area contributed by atoms with E-state index in [0.717, 1.165) is 41.7 Å². The van der Waals surface area contributed by atoms with E-state index in [-0.39, 0.29) is 11.5 Å². The van der Waals surface area contributed by atoms with Crippen LogP contribution in [0.1, 0.15) is 41.6 Å². The van der Waals surface area contributed by atoms with Gasteiger partial charge in [0, 0.05) is 6.08 Å². The van der Waals surface area contributed by atoms with Crippen LogP contribution in [0.4, 0.5) is 0 Å². The van der Waals surface area contributed by atoms with Gasteiger partial charge in [-0.3, -0.25) is 0 Å². The van der Waals surface area contributed by atoms with Gasteiger partial charge in [0.05, 0.1) is 12.2 Å². The second-order valence-electron chi connectivity index (χ2n) is 8.16. The van der Waals surface area contributed by atoms with Gasteiger partial charge in [-0.2, -0.15) is 0 Å². The van der Waals surface area contributed by atoms with Crippen LogP contribution in [0.2, 0.25) is 0 Å². The lowest BCUT2D eigenvalue weighted by molar-refractivity contribution is -0.137. The molecule has 3 atom stereocenters. The molecule has 1 fully saturated rings. The molecule has 1 N–H and O–H groups in total. The summed E-state index contributed by atoms with van der Waals surface area (Å²) < 4.78 is 5.34. The fourth-order valence-electron chi connectivity index (χ4n) is 4.67. The quantitative estimate of drug-likeness (QED) is 0.270. The van der Waals surface area contributed by atoms with Gasteiger partial charge in [-0.15, -0.1) is 0 Å². The van der Waals surface area contributed by atoms with Gasteiger partial charge < -0.3 is 9.84 Å². The lowest BCUT2D eigenvalue weighted by Crippen LogP contribution is -2.09. The third-order valence-corrected chi connectivity index (χ3v) is 6.15. The number of aromatic carboxylic acids is 1. The van der Waals surface area contributed by atoms with Crippen LogP contribution in [0.25, 0.3) is 17.2 Å². The molecule has 2 aromatic rings. The van der Waals surface area contributed by atoms with Gasteiger partial charge in [-0.25, -0.2) is 9.59 Å². The smallest absolute Gasteiger partial charge is 0.336 e. The second-order valence-corrected chi connectivity index (χ2v) is 8.16. The molecular weight excluding hydrogens is 376 g/mol. The van der Waals surface area contributed by atoms with Gasteiger partial charge in [-0.05, 0) is 78.3 Å². The summed E-state index contributed by atoms with van der Waals surface area (Å²) in [5.41, 5.74) is 2.43. The van der Waals surface area contributed by atoms with Crippen molar-refractivity contribution in [1.29, 1.82) is 0 Å². The maximum Gasteiger partial charge on any atom is 0.336 e. The summed E-state index contributed by atoms with van der Waals surface area (Å²) in [5, 5.41) is 9.47. The lowest BCUT2D eigenvalue weighted by Gasteiger charge is -2.17. The highest BCUT2D eigenvalue weighted by Gasteiger charge is 2.34. The van der Waals surface area contributed by atoms with Crippen LogP contribution in [0.15, 0.2) is 66.8 Å². The average Bonchev–Trinajstić information content (AvgIpc) is 3.39. The Balaban J connectivity index is 1.32. The number of hydrogen-bond acceptors (Lipinski definition) is 3. The molecule has 2 bridgehead atoms. The molecule has 2 aliphatic carbocycles. The summed E-state index contributed by atoms with van der Waals surface area (Å²) in [6.45, 7) is 0.438. The first-order valence-corrected chi connectivity index (χ1v) is 10.6. The fraction of sp³-hybridized carbons (Fsp3) is 0.308. The molecule has 3 unspecified atom stereocenters. The highest BCUT2D eigenvalue weighted by atomic mass is 16.5. The Hall–Kier alpha value is -3.14. The molecule has 0 spiro atoms. The number of benzene rings is 2. The second kappa shape index (κ2) is 9.12. The molecule has 2 aliphatic rings. The summed E-state index contributed by atoms with van der Waals surface area (Å²) in [6.07, 6.45) is 12.4. The SMILES string of the molecule is O=C(C=Cc1ccc(C(=O)O)c(-c2ccccc2)c1)OCCCC1CC2C=CC1C2. The van der Waals surface area contributed by atoms with Crippen LogP contribution in [0.5, 0.6) is 0 Å². The fourth-order valence-corrected chi connectivity index (χ4v) is 4.67. The Kier molecular flexibility index (Phi) is 6.12. The highest BCUT2D eigenvalue weighted by molar-refractivity contribution is 5.97. The van der Waals surface area contributed by atoms with Crippen molar-refractivity contribution < 1.29 is 19.4 Å². The van der Waals surface area contributed by atoms with E-state index >= 15 is 0 Å². The summed E-state index contributed by atoms with van der Waals surface area (Å²) in [4.78, 5) is 23.6. The summed E-state index contributed by atoms with van der Waals surface area (Å²) in [5.74, 6) is 0.913. The van der Waals surface area contributed by atoms with Crippen LogP contribution in [-0.4, -0.2) is 23.7 Å². The van der Waals surface area contributed by atoms with Gasteiger partial charge in [0.15, 0.2) is 0 Å². The monoisotopic (exact) mass is 402 g/mol. The van der Waals surface area contributed by atoms with Crippen LogP contribution in [0, 0.1) is 17.8 Å². The third kappa shape index (κ3) is 4.70. The molecule has 0 amide bonds. The predicted molar refractivity (Wildman–Crippen MR) is 117 cm³/mol. The molecule has 1 saturated carbocycles. The first kappa shape index (κ1) is 20.1. The summed E-state index contributed by atoms with van der Waals surface area (Å²) in [7, 11) is 0. The van der Waals surface area contributed by atoms with E-state index in [1.54, 1.807) is 24.3 Å². The summed E-state index contributed by atoms with van der Waals surface area (Å²) in [6, 6.07) is 14.4. The Morgan fingerprint density at radius 2 is 1.90 bits per heavy atom. The van der Waals surface area contributed by atoms with Crippen molar-refractivity contribution in [3.63, 3.8) is 0 Å². The molecule has 30 heavy (non-hydrogen) atoms. The molecule has 0 heterocycles. The molecule has 4 rings (SSSR count). The maximum absolute atomic E-state index is 12.1. The summed E-state index contributed by atoms with van der Waals surface area (Å²) >= 11 is 0. The molecule has 2 aromatic carbocycles. The van der Waals surface area contributed by atoms with Crippen molar-refractivity contribution in [1.82, 2.24) is 0 Å². The Bertz CT molecular complexity index is 974. The van der Waals surface area contributed by atoms with Crippen LogP contribution < -0.4 is 0 Å². The first-order valence-electron chi connectivity index (χ1n) is 10.6. The molecule has 0 saturated heterocycles. The minimum absolute atomic E-state index is 0.233. The largest absolute Gasteiger partial charge is 0.478 e. The van der Waals surface area contributed by atoms with E-state index in [1.807, 2.05) is 30.3 Å². The van der Waals surface area contributed by atoms with Crippen molar-refractivity contribution in [2.45, 2.75) is 25.7 Å². The number of esters is 1. The molecule has 4 heteroatoms. The zero-order chi connectivity index (χ0) is 20.9. The predicted octanol–water partition coefficient (Wildman–Crippen LogP) is 5.60. The number of fused-ring (bicyclic) bond motifs is 2. The molecule has 154 valence electrons. The van der Waals surface area contributed by atoms with Crippen molar-refractivity contribution >= 4 is 18.0 Å². The number of rotatable bonds is 8. The van der Waals surface area contributed by atoms with Crippen molar-refractivity contribution in [2.75, 3.05) is 6.61 Å². The molecule has 0 radical (unpaired) electrons. The van der Waals surface area contributed by atoms with Gasteiger partial charge in [0.2, 0.25) is 0 Å². The number of carboxylic acids is 1. The Morgan fingerprint density at radius 3 is 2.60 bits per heavy atom. The number of carbonyl (C=O) groups is 2. The van der Waals surface area contributed by atoms with Gasteiger partial charge in [0.25, 0.3) is 0 Å². The van der Waals surface area contributed by atoms with Gasteiger partial charge in [0.1, 0.15) is 0 Å².